The summed E-state index contributed by atoms with van der Waals surface area (Å²) in [6.45, 7) is 10.6. The second kappa shape index (κ2) is 7.08. The van der Waals surface area contributed by atoms with Crippen molar-refractivity contribution in [1.29, 1.82) is 0 Å². The first-order valence-electron chi connectivity index (χ1n) is 6.79. The maximum absolute atomic E-state index is 13.2. The molecule has 0 amide bonds. The molecule has 1 saturated heterocycles. The summed E-state index contributed by atoms with van der Waals surface area (Å²) in [4.78, 5) is 2.44. The summed E-state index contributed by atoms with van der Waals surface area (Å²) < 4.78 is 13.2. The lowest BCUT2D eigenvalue weighted by molar-refractivity contribution is 0.0862. The molecule has 1 fully saturated rings. The molecule has 0 radical (unpaired) electrons. The average molecular weight is 321 g/mol. The van der Waals surface area contributed by atoms with Crippen molar-refractivity contribution in [3.8, 4) is 0 Å². The molecular weight excluding hydrogens is 298 g/mol. The Kier molecular flexibility index (Phi) is 6.26. The van der Waals surface area contributed by atoms with E-state index in [1.54, 1.807) is 0 Å². The summed E-state index contributed by atoms with van der Waals surface area (Å²) in [6, 6.07) is 4.96. The summed E-state index contributed by atoms with van der Waals surface area (Å²) in [5.74, 6) is -0.276. The molecule has 0 aliphatic carbocycles. The van der Waals surface area contributed by atoms with Crippen LogP contribution in [0.1, 0.15) is 32.4 Å². The van der Waals surface area contributed by atoms with Gasteiger partial charge in [-0.15, -0.1) is 12.4 Å². The Morgan fingerprint density at radius 1 is 1.25 bits per heavy atom. The van der Waals surface area contributed by atoms with Gasteiger partial charge in [-0.2, -0.15) is 0 Å². The van der Waals surface area contributed by atoms with Crippen LogP contribution in [0.2, 0.25) is 5.02 Å². The highest BCUT2D eigenvalue weighted by molar-refractivity contribution is 6.31. The van der Waals surface area contributed by atoms with Crippen molar-refractivity contribution in [2.75, 3.05) is 26.2 Å². The molecule has 2 nitrogen and oxygen atoms in total. The first-order chi connectivity index (χ1) is 8.89. The molecule has 0 bridgehead atoms. The maximum atomic E-state index is 13.2. The Morgan fingerprint density at radius 3 is 2.35 bits per heavy atom. The summed E-state index contributed by atoms with van der Waals surface area (Å²) in [5, 5.41) is 3.89. The molecule has 0 aromatic heterocycles. The molecule has 1 aliphatic heterocycles. The van der Waals surface area contributed by atoms with Gasteiger partial charge in [0.2, 0.25) is 0 Å². The van der Waals surface area contributed by atoms with Crippen molar-refractivity contribution in [2.45, 2.75) is 26.8 Å². The fourth-order valence-electron chi connectivity index (χ4n) is 2.87. The quantitative estimate of drug-likeness (QED) is 0.889. The van der Waals surface area contributed by atoms with Crippen molar-refractivity contribution in [3.63, 3.8) is 0 Å². The van der Waals surface area contributed by atoms with Crippen LogP contribution in [0, 0.1) is 11.2 Å². The highest BCUT2D eigenvalue weighted by Gasteiger charge is 2.33. The molecule has 1 heterocycles. The highest BCUT2D eigenvalue weighted by atomic mass is 35.5. The Hall–Kier alpha value is -0.350. The number of hydrogen-bond acceptors (Lipinski definition) is 2. The van der Waals surface area contributed by atoms with Gasteiger partial charge in [0.1, 0.15) is 5.82 Å². The second-order valence-electron chi connectivity index (χ2n) is 6.22. The predicted molar refractivity (Wildman–Crippen MR) is 85.3 cm³/mol. The first-order valence-corrected chi connectivity index (χ1v) is 7.17. The van der Waals surface area contributed by atoms with E-state index < -0.39 is 0 Å². The Balaban J connectivity index is 0.00000200. The van der Waals surface area contributed by atoms with Crippen LogP contribution in [0.5, 0.6) is 0 Å². The van der Waals surface area contributed by atoms with Crippen LogP contribution >= 0.6 is 24.0 Å². The number of benzene rings is 1. The number of nitrogens with one attached hydrogen (secondary N) is 1. The van der Waals surface area contributed by atoms with E-state index in [0.29, 0.717) is 5.02 Å². The van der Waals surface area contributed by atoms with Gasteiger partial charge in [-0.25, -0.2) is 4.39 Å². The van der Waals surface area contributed by atoms with E-state index in [1.807, 2.05) is 6.07 Å². The molecule has 0 unspecified atom stereocenters. The average Bonchev–Trinajstić information content (AvgIpc) is 2.32. The minimum absolute atomic E-state index is 0. The molecule has 114 valence electrons. The van der Waals surface area contributed by atoms with Gasteiger partial charge in [0.15, 0.2) is 0 Å². The van der Waals surface area contributed by atoms with Crippen LogP contribution in [0.15, 0.2) is 18.2 Å². The van der Waals surface area contributed by atoms with Gasteiger partial charge in [0.25, 0.3) is 0 Å². The number of rotatable bonds is 2. The van der Waals surface area contributed by atoms with Crippen LogP contribution in [0.25, 0.3) is 0 Å². The minimum atomic E-state index is -0.276. The number of hydrogen-bond donors (Lipinski definition) is 1. The second-order valence-corrected chi connectivity index (χ2v) is 6.63. The Bertz CT molecular complexity index is 440. The maximum Gasteiger partial charge on any atom is 0.124 e. The minimum Gasteiger partial charge on any atom is -0.314 e. The van der Waals surface area contributed by atoms with Crippen molar-refractivity contribution < 1.29 is 4.39 Å². The summed E-state index contributed by atoms with van der Waals surface area (Å²) in [5.41, 5.74) is 1.08. The van der Waals surface area contributed by atoms with Crippen molar-refractivity contribution in [3.05, 3.63) is 34.6 Å². The van der Waals surface area contributed by atoms with E-state index in [2.05, 4.69) is 31.0 Å². The SMILES string of the molecule is CC(C)(C)[C@H](c1ccc(F)cc1Cl)N1CCNCC1.Cl. The third-order valence-corrected chi connectivity index (χ3v) is 3.92. The summed E-state index contributed by atoms with van der Waals surface area (Å²) in [7, 11) is 0. The molecule has 0 saturated carbocycles. The van der Waals surface area contributed by atoms with Crippen molar-refractivity contribution in [1.82, 2.24) is 10.2 Å². The summed E-state index contributed by atoms with van der Waals surface area (Å²) in [6.07, 6.45) is 0. The molecule has 1 atom stereocenters. The largest absolute Gasteiger partial charge is 0.314 e. The Labute approximate surface area is 132 Å². The summed E-state index contributed by atoms with van der Waals surface area (Å²) >= 11 is 6.27. The van der Waals surface area contributed by atoms with E-state index in [0.717, 1.165) is 31.7 Å². The van der Waals surface area contributed by atoms with Crippen molar-refractivity contribution in [2.24, 2.45) is 5.41 Å². The van der Waals surface area contributed by atoms with E-state index >= 15 is 0 Å². The van der Waals surface area contributed by atoms with Gasteiger partial charge in [-0.1, -0.05) is 38.4 Å². The van der Waals surface area contributed by atoms with Gasteiger partial charge in [0, 0.05) is 37.2 Å². The number of halogens is 3. The lowest BCUT2D eigenvalue weighted by Crippen LogP contribution is -2.48. The van der Waals surface area contributed by atoms with Crippen molar-refractivity contribution >= 4 is 24.0 Å². The smallest absolute Gasteiger partial charge is 0.124 e. The van der Waals surface area contributed by atoms with E-state index in [4.69, 9.17) is 11.6 Å². The predicted octanol–water partition coefficient (Wildman–Crippen LogP) is 3.89. The molecular formula is C15H23Cl2FN2. The van der Waals surface area contributed by atoms with Gasteiger partial charge in [0.05, 0.1) is 0 Å². The topological polar surface area (TPSA) is 15.3 Å². The molecule has 1 aromatic rings. The number of piperazine rings is 1. The third-order valence-electron chi connectivity index (χ3n) is 3.59. The zero-order valence-corrected chi connectivity index (χ0v) is 13.8. The molecule has 20 heavy (non-hydrogen) atoms. The van der Waals surface area contributed by atoms with Gasteiger partial charge >= 0.3 is 0 Å². The highest BCUT2D eigenvalue weighted by Crippen LogP contribution is 2.41. The van der Waals surface area contributed by atoms with Gasteiger partial charge in [-0.05, 0) is 23.1 Å². The number of nitrogens with zero attached hydrogens (tertiary/aromatic N) is 1. The standard InChI is InChI=1S/C15H22ClFN2.ClH/c1-15(2,3)14(19-8-6-18-7-9-19)12-5-4-11(17)10-13(12)16;/h4-5,10,14,18H,6-9H2,1-3H3;1H/t14-;/m0./s1. The van der Waals surface area contributed by atoms with Crippen LogP contribution in [-0.4, -0.2) is 31.1 Å². The first kappa shape index (κ1) is 17.7. The zero-order valence-electron chi connectivity index (χ0n) is 12.2. The fraction of sp³-hybridized carbons (Fsp3) is 0.600. The molecule has 0 spiro atoms. The van der Waals surface area contributed by atoms with Gasteiger partial charge < -0.3 is 5.32 Å². The molecule has 1 N–H and O–H groups in total. The molecule has 2 rings (SSSR count). The molecule has 5 heteroatoms. The third kappa shape index (κ3) is 4.08. The van der Waals surface area contributed by atoms with Crippen LogP contribution in [0.3, 0.4) is 0 Å². The van der Waals surface area contributed by atoms with E-state index in [9.17, 15) is 4.39 Å². The van der Waals surface area contributed by atoms with Crippen LogP contribution in [-0.2, 0) is 0 Å². The van der Waals surface area contributed by atoms with E-state index in [-0.39, 0.29) is 29.7 Å². The zero-order chi connectivity index (χ0) is 14.0. The van der Waals surface area contributed by atoms with E-state index in [1.165, 1.54) is 12.1 Å². The van der Waals surface area contributed by atoms with Gasteiger partial charge in [-0.3, -0.25) is 4.90 Å². The Morgan fingerprint density at radius 2 is 1.85 bits per heavy atom. The van der Waals surface area contributed by atoms with Crippen LogP contribution < -0.4 is 5.32 Å². The molecule has 1 aliphatic rings. The monoisotopic (exact) mass is 320 g/mol. The lowest BCUT2D eigenvalue weighted by Gasteiger charge is -2.43. The molecule has 1 aromatic carbocycles. The normalized spacial score (nSPS) is 18.4. The fourth-order valence-corrected chi connectivity index (χ4v) is 3.15. The lowest BCUT2D eigenvalue weighted by atomic mass is 9.81. The van der Waals surface area contributed by atoms with Crippen LogP contribution in [0.4, 0.5) is 4.39 Å².